The van der Waals surface area contributed by atoms with Crippen LogP contribution in [0.1, 0.15) is 27.4 Å². The van der Waals surface area contributed by atoms with Crippen molar-refractivity contribution in [2.45, 2.75) is 20.8 Å². The molecule has 0 spiro atoms. The summed E-state index contributed by atoms with van der Waals surface area (Å²) in [5, 5.41) is 0. The number of hydrogen-bond acceptors (Lipinski definition) is 4. The van der Waals surface area contributed by atoms with Crippen molar-refractivity contribution in [3.63, 3.8) is 0 Å². The monoisotopic (exact) mass is 388 g/mol. The van der Waals surface area contributed by atoms with E-state index in [9.17, 15) is 4.79 Å². The molecule has 2 aromatic rings. The lowest BCUT2D eigenvalue weighted by Gasteiger charge is -2.36. The van der Waals surface area contributed by atoms with Crippen molar-refractivity contribution in [3.05, 3.63) is 51.4 Å². The van der Waals surface area contributed by atoms with Gasteiger partial charge >= 0.3 is 0 Å². The number of carbonyl (C=O) groups is 1. The minimum atomic E-state index is 0.0859. The van der Waals surface area contributed by atoms with Crippen molar-refractivity contribution in [1.29, 1.82) is 0 Å². The Labute approximate surface area is 150 Å². The lowest BCUT2D eigenvalue weighted by Crippen LogP contribution is -2.49. The van der Waals surface area contributed by atoms with E-state index in [0.29, 0.717) is 13.1 Å². The summed E-state index contributed by atoms with van der Waals surface area (Å²) in [5.41, 5.74) is 2.86. The van der Waals surface area contributed by atoms with Gasteiger partial charge in [0.25, 0.3) is 5.91 Å². The van der Waals surface area contributed by atoms with Gasteiger partial charge in [0.15, 0.2) is 0 Å². The predicted molar refractivity (Wildman–Crippen MR) is 98.5 cm³/mol. The Hall–Kier alpha value is -1.95. The zero-order valence-corrected chi connectivity index (χ0v) is 15.8. The standard InChI is InChI=1S/C18H21BrN4O/c1-12-13(2)20-14(3)21-17(12)22-7-9-23(10-8-22)18(24)15-5-4-6-16(19)11-15/h4-6,11H,7-10H2,1-3H3. The fourth-order valence-electron chi connectivity index (χ4n) is 2.98. The first-order valence-electron chi connectivity index (χ1n) is 8.07. The molecule has 0 aliphatic carbocycles. The van der Waals surface area contributed by atoms with Crippen LogP contribution in [0.2, 0.25) is 0 Å². The van der Waals surface area contributed by atoms with Gasteiger partial charge in [-0.1, -0.05) is 22.0 Å². The summed E-state index contributed by atoms with van der Waals surface area (Å²) in [6.45, 7) is 8.97. The van der Waals surface area contributed by atoms with Gasteiger partial charge in [0, 0.05) is 47.5 Å². The molecule has 1 fully saturated rings. The summed E-state index contributed by atoms with van der Waals surface area (Å²) in [6.07, 6.45) is 0. The third kappa shape index (κ3) is 3.43. The number of benzene rings is 1. The number of hydrogen-bond donors (Lipinski definition) is 0. The highest BCUT2D eigenvalue weighted by Crippen LogP contribution is 2.22. The van der Waals surface area contributed by atoms with E-state index in [1.807, 2.05) is 43.0 Å². The van der Waals surface area contributed by atoms with Crippen molar-refractivity contribution in [2.75, 3.05) is 31.1 Å². The van der Waals surface area contributed by atoms with Crippen molar-refractivity contribution < 1.29 is 4.79 Å². The Morgan fingerprint density at radius 1 is 1.08 bits per heavy atom. The molecule has 1 aliphatic heterocycles. The van der Waals surface area contributed by atoms with Gasteiger partial charge in [-0.3, -0.25) is 4.79 Å². The van der Waals surface area contributed by atoms with Crippen molar-refractivity contribution >= 4 is 27.7 Å². The number of aromatic nitrogens is 2. The van der Waals surface area contributed by atoms with Crippen LogP contribution in [-0.2, 0) is 0 Å². The van der Waals surface area contributed by atoms with Crippen LogP contribution in [0.3, 0.4) is 0 Å². The Morgan fingerprint density at radius 2 is 1.79 bits per heavy atom. The summed E-state index contributed by atoms with van der Waals surface area (Å²) in [5.74, 6) is 1.87. The lowest BCUT2D eigenvalue weighted by atomic mass is 10.1. The molecule has 1 saturated heterocycles. The lowest BCUT2D eigenvalue weighted by molar-refractivity contribution is 0.0746. The molecule has 0 saturated carbocycles. The molecule has 126 valence electrons. The largest absolute Gasteiger partial charge is 0.353 e. The molecular weight excluding hydrogens is 368 g/mol. The summed E-state index contributed by atoms with van der Waals surface area (Å²) in [6, 6.07) is 7.55. The molecular formula is C18H21BrN4O. The van der Waals surface area contributed by atoms with Gasteiger partial charge in [-0.25, -0.2) is 9.97 Å². The molecule has 0 unspecified atom stereocenters. The van der Waals surface area contributed by atoms with Gasteiger partial charge in [-0.05, 0) is 39.0 Å². The second-order valence-corrected chi connectivity index (χ2v) is 7.01. The maximum atomic E-state index is 12.6. The zero-order chi connectivity index (χ0) is 17.3. The number of anilines is 1. The van der Waals surface area contributed by atoms with E-state index < -0.39 is 0 Å². The molecule has 1 aliphatic rings. The van der Waals surface area contributed by atoms with Gasteiger partial charge in [0.1, 0.15) is 11.6 Å². The van der Waals surface area contributed by atoms with Crippen molar-refractivity contribution in [3.8, 4) is 0 Å². The summed E-state index contributed by atoms with van der Waals surface area (Å²) in [7, 11) is 0. The highest BCUT2D eigenvalue weighted by molar-refractivity contribution is 9.10. The number of halogens is 1. The smallest absolute Gasteiger partial charge is 0.254 e. The normalized spacial score (nSPS) is 14.8. The molecule has 1 aromatic carbocycles. The van der Waals surface area contributed by atoms with Crippen LogP contribution in [0.15, 0.2) is 28.7 Å². The number of amides is 1. The summed E-state index contributed by atoms with van der Waals surface area (Å²) in [4.78, 5) is 25.8. The third-order valence-corrected chi connectivity index (χ3v) is 4.91. The Bertz CT molecular complexity index is 770. The van der Waals surface area contributed by atoms with Crippen LogP contribution in [0.4, 0.5) is 5.82 Å². The number of aryl methyl sites for hydroxylation is 2. The molecule has 2 heterocycles. The fraction of sp³-hybridized carbons (Fsp3) is 0.389. The Kier molecular flexibility index (Phi) is 4.85. The van der Waals surface area contributed by atoms with E-state index in [4.69, 9.17) is 0 Å². The number of carbonyl (C=O) groups excluding carboxylic acids is 1. The maximum absolute atomic E-state index is 12.6. The quantitative estimate of drug-likeness (QED) is 0.792. The molecule has 0 atom stereocenters. The van der Waals surface area contributed by atoms with E-state index in [1.165, 1.54) is 0 Å². The van der Waals surface area contributed by atoms with E-state index >= 15 is 0 Å². The Morgan fingerprint density at radius 3 is 2.46 bits per heavy atom. The van der Waals surface area contributed by atoms with E-state index in [-0.39, 0.29) is 5.91 Å². The average molecular weight is 389 g/mol. The molecule has 0 radical (unpaired) electrons. The first kappa shape index (κ1) is 16.9. The number of nitrogens with zero attached hydrogens (tertiary/aromatic N) is 4. The molecule has 6 heteroatoms. The highest BCUT2D eigenvalue weighted by atomic mass is 79.9. The molecule has 24 heavy (non-hydrogen) atoms. The molecule has 0 bridgehead atoms. The third-order valence-electron chi connectivity index (χ3n) is 4.41. The van der Waals surface area contributed by atoms with Gasteiger partial charge in [-0.2, -0.15) is 0 Å². The van der Waals surface area contributed by atoms with Crippen LogP contribution in [0.25, 0.3) is 0 Å². The van der Waals surface area contributed by atoms with Gasteiger partial charge < -0.3 is 9.80 Å². The predicted octanol–water partition coefficient (Wildman–Crippen LogP) is 3.13. The van der Waals surface area contributed by atoms with Gasteiger partial charge in [0.2, 0.25) is 0 Å². The van der Waals surface area contributed by atoms with Crippen molar-refractivity contribution in [1.82, 2.24) is 14.9 Å². The second-order valence-electron chi connectivity index (χ2n) is 6.09. The van der Waals surface area contributed by atoms with E-state index in [1.54, 1.807) is 0 Å². The van der Waals surface area contributed by atoms with Crippen LogP contribution in [0.5, 0.6) is 0 Å². The van der Waals surface area contributed by atoms with Crippen LogP contribution < -0.4 is 4.90 Å². The van der Waals surface area contributed by atoms with E-state index in [0.717, 1.165) is 46.0 Å². The van der Waals surface area contributed by atoms with Crippen LogP contribution in [0, 0.1) is 20.8 Å². The zero-order valence-electron chi connectivity index (χ0n) is 14.2. The van der Waals surface area contributed by atoms with Gasteiger partial charge in [0.05, 0.1) is 0 Å². The number of rotatable bonds is 2. The summed E-state index contributed by atoms with van der Waals surface area (Å²) >= 11 is 3.42. The fourth-order valence-corrected chi connectivity index (χ4v) is 3.38. The SMILES string of the molecule is Cc1nc(C)c(C)c(N2CCN(C(=O)c3cccc(Br)c3)CC2)n1. The van der Waals surface area contributed by atoms with Crippen molar-refractivity contribution in [2.24, 2.45) is 0 Å². The minimum absolute atomic E-state index is 0.0859. The second kappa shape index (κ2) is 6.89. The molecule has 5 nitrogen and oxygen atoms in total. The highest BCUT2D eigenvalue weighted by Gasteiger charge is 2.24. The van der Waals surface area contributed by atoms with Crippen LogP contribution in [-0.4, -0.2) is 47.0 Å². The Balaban J connectivity index is 1.71. The summed E-state index contributed by atoms with van der Waals surface area (Å²) < 4.78 is 0.926. The first-order valence-corrected chi connectivity index (χ1v) is 8.86. The average Bonchev–Trinajstić information content (AvgIpc) is 2.57. The van der Waals surface area contributed by atoms with Crippen LogP contribution >= 0.6 is 15.9 Å². The number of piperazine rings is 1. The van der Waals surface area contributed by atoms with Gasteiger partial charge in [-0.15, -0.1) is 0 Å². The molecule has 3 rings (SSSR count). The first-order chi connectivity index (χ1) is 11.5. The minimum Gasteiger partial charge on any atom is -0.353 e. The maximum Gasteiger partial charge on any atom is 0.254 e. The topological polar surface area (TPSA) is 49.3 Å². The van der Waals surface area contributed by atoms with E-state index in [2.05, 4.69) is 37.7 Å². The molecule has 1 amide bonds. The molecule has 0 N–H and O–H groups in total. The molecule has 1 aromatic heterocycles.